The van der Waals surface area contributed by atoms with E-state index in [9.17, 15) is 13.6 Å². The molecule has 0 bridgehead atoms. The smallest absolute Gasteiger partial charge is 0.304 e. The number of hydrogen-bond acceptors (Lipinski definition) is 1. The standard InChI is InChI=1S/C14H16F2O2/c1-13(15,16)8-10-3-2-4-11(7-10)14(5-6-14)9-12(17)18/h2-4,7H,5-6,8-9H2,1H3,(H,17,18). The highest BCUT2D eigenvalue weighted by molar-refractivity contribution is 5.70. The number of benzene rings is 1. The Morgan fingerprint density at radius 1 is 1.44 bits per heavy atom. The summed E-state index contributed by atoms with van der Waals surface area (Å²) in [6.45, 7) is 0.893. The van der Waals surface area contributed by atoms with Crippen molar-refractivity contribution >= 4 is 5.97 Å². The van der Waals surface area contributed by atoms with E-state index in [4.69, 9.17) is 5.11 Å². The third-order valence-electron chi connectivity index (χ3n) is 3.40. The molecule has 0 amide bonds. The fourth-order valence-electron chi connectivity index (χ4n) is 2.38. The van der Waals surface area contributed by atoms with E-state index in [0.29, 0.717) is 5.56 Å². The first-order valence-electron chi connectivity index (χ1n) is 6.00. The lowest BCUT2D eigenvalue weighted by molar-refractivity contribution is -0.137. The first-order chi connectivity index (χ1) is 8.31. The maximum Gasteiger partial charge on any atom is 0.304 e. The van der Waals surface area contributed by atoms with Crippen LogP contribution in [0.3, 0.4) is 0 Å². The van der Waals surface area contributed by atoms with Crippen molar-refractivity contribution in [3.63, 3.8) is 0 Å². The number of carbonyl (C=O) groups is 1. The minimum Gasteiger partial charge on any atom is -0.481 e. The predicted octanol–water partition coefficient (Wildman–Crippen LogP) is 3.39. The van der Waals surface area contributed by atoms with Gasteiger partial charge in [-0.25, -0.2) is 8.78 Å². The summed E-state index contributed by atoms with van der Waals surface area (Å²) >= 11 is 0. The Labute approximate surface area is 105 Å². The SMILES string of the molecule is CC(F)(F)Cc1cccc(C2(CC(=O)O)CC2)c1. The van der Waals surface area contributed by atoms with Crippen molar-refractivity contribution in [2.24, 2.45) is 0 Å². The minimum absolute atomic E-state index is 0.0823. The molecule has 0 aliphatic heterocycles. The number of hydrogen-bond donors (Lipinski definition) is 1. The molecule has 0 radical (unpaired) electrons. The predicted molar refractivity (Wildman–Crippen MR) is 63.9 cm³/mol. The number of carboxylic acids is 1. The highest BCUT2D eigenvalue weighted by Crippen LogP contribution is 2.51. The van der Waals surface area contributed by atoms with Crippen LogP contribution < -0.4 is 0 Å². The summed E-state index contributed by atoms with van der Waals surface area (Å²) in [6, 6.07) is 6.97. The maximum absolute atomic E-state index is 13.0. The van der Waals surface area contributed by atoms with Gasteiger partial charge in [-0.1, -0.05) is 24.3 Å². The summed E-state index contributed by atoms with van der Waals surface area (Å²) < 4.78 is 25.9. The van der Waals surface area contributed by atoms with Gasteiger partial charge < -0.3 is 5.11 Å². The van der Waals surface area contributed by atoms with Gasteiger partial charge in [0.15, 0.2) is 0 Å². The molecule has 0 unspecified atom stereocenters. The second kappa shape index (κ2) is 4.34. The fourth-order valence-corrected chi connectivity index (χ4v) is 2.38. The molecule has 0 aromatic heterocycles. The Morgan fingerprint density at radius 2 is 2.11 bits per heavy atom. The van der Waals surface area contributed by atoms with E-state index in [1.165, 1.54) is 0 Å². The summed E-state index contributed by atoms with van der Waals surface area (Å²) in [5, 5.41) is 8.89. The zero-order valence-electron chi connectivity index (χ0n) is 10.2. The quantitative estimate of drug-likeness (QED) is 0.874. The molecule has 1 fully saturated rings. The second-order valence-corrected chi connectivity index (χ2v) is 5.30. The van der Waals surface area contributed by atoms with E-state index < -0.39 is 11.9 Å². The van der Waals surface area contributed by atoms with E-state index in [2.05, 4.69) is 0 Å². The molecule has 0 spiro atoms. The van der Waals surface area contributed by atoms with Gasteiger partial charge in [-0.15, -0.1) is 0 Å². The molecule has 2 nitrogen and oxygen atoms in total. The third kappa shape index (κ3) is 3.06. The van der Waals surface area contributed by atoms with Crippen molar-refractivity contribution in [2.75, 3.05) is 0 Å². The Balaban J connectivity index is 2.20. The molecule has 1 aliphatic carbocycles. The Kier molecular flexibility index (Phi) is 3.13. The lowest BCUT2D eigenvalue weighted by Gasteiger charge is -2.16. The molecule has 1 saturated carbocycles. The second-order valence-electron chi connectivity index (χ2n) is 5.30. The van der Waals surface area contributed by atoms with E-state index in [1.807, 2.05) is 6.07 Å². The number of rotatable bonds is 5. The van der Waals surface area contributed by atoms with Crippen LogP contribution in [0.25, 0.3) is 0 Å². The third-order valence-corrected chi connectivity index (χ3v) is 3.40. The molecule has 18 heavy (non-hydrogen) atoms. The van der Waals surface area contributed by atoms with E-state index in [0.717, 1.165) is 25.3 Å². The Hall–Kier alpha value is -1.45. The van der Waals surface area contributed by atoms with E-state index >= 15 is 0 Å². The highest BCUT2D eigenvalue weighted by atomic mass is 19.3. The number of carboxylic acid groups (broad SMARTS) is 1. The number of aliphatic carboxylic acids is 1. The van der Waals surface area contributed by atoms with Crippen LogP contribution in [0.4, 0.5) is 8.78 Å². The molecule has 1 aliphatic rings. The van der Waals surface area contributed by atoms with Gasteiger partial charge in [0.25, 0.3) is 0 Å². The van der Waals surface area contributed by atoms with Crippen LogP contribution in [0.15, 0.2) is 24.3 Å². The van der Waals surface area contributed by atoms with Crippen molar-refractivity contribution in [1.29, 1.82) is 0 Å². The molecule has 1 aromatic carbocycles. The van der Waals surface area contributed by atoms with Crippen LogP contribution in [0.5, 0.6) is 0 Å². The molecule has 1 aromatic rings. The lowest BCUT2D eigenvalue weighted by atomic mass is 9.90. The molecule has 1 N–H and O–H groups in total. The van der Waals surface area contributed by atoms with Crippen molar-refractivity contribution in [3.8, 4) is 0 Å². The average Bonchev–Trinajstić information content (AvgIpc) is 2.95. The molecular weight excluding hydrogens is 238 g/mol. The van der Waals surface area contributed by atoms with Crippen LogP contribution in [-0.2, 0) is 16.6 Å². The topological polar surface area (TPSA) is 37.3 Å². The van der Waals surface area contributed by atoms with Crippen molar-refractivity contribution in [2.45, 2.75) is 43.9 Å². The van der Waals surface area contributed by atoms with Gasteiger partial charge in [-0.3, -0.25) is 4.79 Å². The van der Waals surface area contributed by atoms with Crippen LogP contribution >= 0.6 is 0 Å². The maximum atomic E-state index is 13.0. The molecule has 98 valence electrons. The van der Waals surface area contributed by atoms with E-state index in [-0.39, 0.29) is 18.3 Å². The monoisotopic (exact) mass is 254 g/mol. The zero-order chi connectivity index (χ0) is 13.4. The van der Waals surface area contributed by atoms with Crippen LogP contribution in [0.2, 0.25) is 0 Å². The van der Waals surface area contributed by atoms with Crippen molar-refractivity contribution in [1.82, 2.24) is 0 Å². The fraction of sp³-hybridized carbons (Fsp3) is 0.500. The largest absolute Gasteiger partial charge is 0.481 e. The van der Waals surface area contributed by atoms with Crippen LogP contribution in [0.1, 0.15) is 37.3 Å². The number of halogens is 2. The molecular formula is C14H16F2O2. The Morgan fingerprint density at radius 3 is 2.61 bits per heavy atom. The van der Waals surface area contributed by atoms with Gasteiger partial charge in [-0.2, -0.15) is 0 Å². The summed E-state index contributed by atoms with van der Waals surface area (Å²) in [6.07, 6.45) is 1.43. The summed E-state index contributed by atoms with van der Waals surface area (Å²) in [5.74, 6) is -3.57. The highest BCUT2D eigenvalue weighted by Gasteiger charge is 2.46. The summed E-state index contributed by atoms with van der Waals surface area (Å²) in [7, 11) is 0. The van der Waals surface area contributed by atoms with Gasteiger partial charge in [-0.05, 0) is 30.9 Å². The lowest BCUT2D eigenvalue weighted by Crippen LogP contribution is -2.16. The van der Waals surface area contributed by atoms with Crippen LogP contribution in [0, 0.1) is 0 Å². The molecule has 0 heterocycles. The zero-order valence-corrected chi connectivity index (χ0v) is 10.2. The Bertz CT molecular complexity index is 459. The van der Waals surface area contributed by atoms with Gasteiger partial charge >= 0.3 is 5.97 Å². The summed E-state index contributed by atoms with van der Waals surface area (Å²) in [4.78, 5) is 10.8. The van der Waals surface area contributed by atoms with Crippen LogP contribution in [-0.4, -0.2) is 17.0 Å². The number of alkyl halides is 2. The normalized spacial score (nSPS) is 17.5. The van der Waals surface area contributed by atoms with Gasteiger partial charge in [0.05, 0.1) is 6.42 Å². The van der Waals surface area contributed by atoms with Gasteiger partial charge in [0.2, 0.25) is 5.92 Å². The molecule has 0 atom stereocenters. The van der Waals surface area contributed by atoms with E-state index in [1.54, 1.807) is 18.2 Å². The first kappa shape index (κ1) is 13.0. The van der Waals surface area contributed by atoms with Crippen molar-refractivity contribution < 1.29 is 18.7 Å². The molecule has 4 heteroatoms. The molecule has 2 rings (SSSR count). The van der Waals surface area contributed by atoms with Crippen molar-refractivity contribution in [3.05, 3.63) is 35.4 Å². The average molecular weight is 254 g/mol. The first-order valence-corrected chi connectivity index (χ1v) is 6.00. The molecule has 0 saturated heterocycles. The van der Waals surface area contributed by atoms with Gasteiger partial charge in [0.1, 0.15) is 0 Å². The summed E-state index contributed by atoms with van der Waals surface area (Å²) in [5.41, 5.74) is 1.13. The van der Waals surface area contributed by atoms with Gasteiger partial charge in [0, 0.05) is 11.8 Å². The minimum atomic E-state index is -2.73.